The van der Waals surface area contributed by atoms with Crippen LogP contribution in [-0.2, 0) is 4.79 Å². The van der Waals surface area contributed by atoms with Crippen LogP contribution in [0.5, 0.6) is 0 Å². The maximum absolute atomic E-state index is 12.3. The summed E-state index contributed by atoms with van der Waals surface area (Å²) in [5, 5.41) is 3.14. The third-order valence-electron chi connectivity index (χ3n) is 5.85. The fourth-order valence-corrected chi connectivity index (χ4v) is 4.74. The fraction of sp³-hybridized carbons (Fsp3) is 0.938. The van der Waals surface area contributed by atoms with E-state index < -0.39 is 0 Å². The molecule has 3 fully saturated rings. The second kappa shape index (κ2) is 7.13. The molecular formula is C16H29ClN2O. The zero-order chi connectivity index (χ0) is 13.2. The van der Waals surface area contributed by atoms with Crippen molar-refractivity contribution in [2.45, 2.75) is 63.8 Å². The summed E-state index contributed by atoms with van der Waals surface area (Å²) in [4.78, 5) is 12.3. The number of hydrogen-bond donors (Lipinski definition) is 2. The lowest BCUT2D eigenvalue weighted by molar-refractivity contribution is -0.127. The van der Waals surface area contributed by atoms with Crippen molar-refractivity contribution in [2.24, 2.45) is 29.4 Å². The highest BCUT2D eigenvalue weighted by Gasteiger charge is 2.48. The molecule has 0 aromatic rings. The summed E-state index contributed by atoms with van der Waals surface area (Å²) in [6.07, 6.45) is 11.7. The average molecular weight is 301 g/mol. The van der Waals surface area contributed by atoms with Gasteiger partial charge in [0.15, 0.2) is 0 Å². The van der Waals surface area contributed by atoms with Crippen molar-refractivity contribution in [1.82, 2.24) is 5.32 Å². The number of fused-ring (bicyclic) bond motifs is 2. The Kier molecular flexibility index (Phi) is 5.74. The highest BCUT2D eigenvalue weighted by Crippen LogP contribution is 2.47. The molecule has 4 unspecified atom stereocenters. The van der Waals surface area contributed by atoms with Crippen LogP contribution in [0.15, 0.2) is 0 Å². The first-order chi connectivity index (χ1) is 9.25. The Morgan fingerprint density at radius 1 is 1.10 bits per heavy atom. The fourth-order valence-electron chi connectivity index (χ4n) is 4.74. The summed E-state index contributed by atoms with van der Waals surface area (Å²) < 4.78 is 0. The Balaban J connectivity index is 0.00000147. The predicted molar refractivity (Wildman–Crippen MR) is 83.7 cm³/mol. The zero-order valence-electron chi connectivity index (χ0n) is 12.4. The molecule has 0 spiro atoms. The molecule has 2 bridgehead atoms. The summed E-state index contributed by atoms with van der Waals surface area (Å²) in [6.45, 7) is 0.857. The van der Waals surface area contributed by atoms with Crippen LogP contribution in [0.4, 0.5) is 0 Å². The van der Waals surface area contributed by atoms with E-state index in [2.05, 4.69) is 5.32 Å². The van der Waals surface area contributed by atoms with Crippen LogP contribution in [0.3, 0.4) is 0 Å². The Labute approximate surface area is 128 Å². The second-order valence-corrected chi connectivity index (χ2v) is 7.02. The maximum Gasteiger partial charge on any atom is 0.224 e. The summed E-state index contributed by atoms with van der Waals surface area (Å²) in [5.41, 5.74) is 6.21. The first-order valence-corrected chi connectivity index (χ1v) is 8.29. The summed E-state index contributed by atoms with van der Waals surface area (Å²) in [6, 6.07) is 0.133. The second-order valence-electron chi connectivity index (χ2n) is 7.02. The van der Waals surface area contributed by atoms with Crippen molar-refractivity contribution in [1.29, 1.82) is 0 Å². The largest absolute Gasteiger partial charge is 0.356 e. The molecule has 20 heavy (non-hydrogen) atoms. The van der Waals surface area contributed by atoms with E-state index in [-0.39, 0.29) is 30.3 Å². The van der Waals surface area contributed by atoms with E-state index in [0.717, 1.165) is 18.9 Å². The molecule has 3 aliphatic rings. The monoisotopic (exact) mass is 300 g/mol. The standard InChI is InChI=1S/C16H28N2O.ClH/c17-15-13-8-7-12(10-13)14(15)16(19)18-9-3-6-11-4-1-2-5-11;/h11-15H,1-10,17H2,(H,18,19);1H. The average Bonchev–Trinajstić information content (AvgIpc) is 3.10. The molecule has 0 heterocycles. The minimum Gasteiger partial charge on any atom is -0.356 e. The molecule has 3 nitrogen and oxygen atoms in total. The number of halogens is 1. The molecule has 3 N–H and O–H groups in total. The number of amides is 1. The summed E-state index contributed by atoms with van der Waals surface area (Å²) in [5.74, 6) is 2.49. The van der Waals surface area contributed by atoms with Gasteiger partial charge >= 0.3 is 0 Å². The van der Waals surface area contributed by atoms with Crippen molar-refractivity contribution >= 4 is 18.3 Å². The number of nitrogens with two attached hydrogens (primary N) is 1. The zero-order valence-corrected chi connectivity index (χ0v) is 13.2. The molecule has 116 valence electrons. The lowest BCUT2D eigenvalue weighted by Gasteiger charge is -2.27. The molecule has 4 heteroatoms. The van der Waals surface area contributed by atoms with Crippen molar-refractivity contribution in [3.63, 3.8) is 0 Å². The van der Waals surface area contributed by atoms with Gasteiger partial charge in [-0.25, -0.2) is 0 Å². The first kappa shape index (κ1) is 16.1. The normalized spacial score (nSPS) is 36.0. The molecule has 0 aromatic heterocycles. The molecule has 4 atom stereocenters. The number of hydrogen-bond acceptors (Lipinski definition) is 2. The van der Waals surface area contributed by atoms with Crippen LogP contribution in [0.2, 0.25) is 0 Å². The number of nitrogens with one attached hydrogen (secondary N) is 1. The molecule has 3 aliphatic carbocycles. The van der Waals surface area contributed by atoms with Crippen LogP contribution in [0.1, 0.15) is 57.8 Å². The minimum absolute atomic E-state index is 0. The predicted octanol–water partition coefficient (Wildman–Crippen LogP) is 2.87. The first-order valence-electron chi connectivity index (χ1n) is 8.29. The Bertz CT molecular complexity index is 328. The Hall–Kier alpha value is -0.280. The molecule has 1 amide bonds. The van der Waals surface area contributed by atoms with Crippen LogP contribution >= 0.6 is 12.4 Å². The Morgan fingerprint density at radius 2 is 1.80 bits per heavy atom. The van der Waals surface area contributed by atoms with E-state index in [9.17, 15) is 4.79 Å². The van der Waals surface area contributed by atoms with Gasteiger partial charge in [0.2, 0.25) is 5.91 Å². The van der Waals surface area contributed by atoms with Gasteiger partial charge in [-0.1, -0.05) is 25.7 Å². The lowest BCUT2D eigenvalue weighted by atomic mass is 9.84. The van der Waals surface area contributed by atoms with E-state index in [1.807, 2.05) is 0 Å². The van der Waals surface area contributed by atoms with Gasteiger partial charge in [0.05, 0.1) is 5.92 Å². The van der Waals surface area contributed by atoms with Crippen LogP contribution < -0.4 is 11.1 Å². The van der Waals surface area contributed by atoms with E-state index in [0.29, 0.717) is 11.8 Å². The smallest absolute Gasteiger partial charge is 0.224 e. The van der Waals surface area contributed by atoms with Gasteiger partial charge in [-0.3, -0.25) is 4.79 Å². The van der Waals surface area contributed by atoms with Crippen LogP contribution in [0.25, 0.3) is 0 Å². The molecular weight excluding hydrogens is 272 g/mol. The van der Waals surface area contributed by atoms with E-state index >= 15 is 0 Å². The van der Waals surface area contributed by atoms with Gasteiger partial charge in [0, 0.05) is 12.6 Å². The van der Waals surface area contributed by atoms with E-state index in [1.165, 1.54) is 51.4 Å². The van der Waals surface area contributed by atoms with Crippen LogP contribution in [-0.4, -0.2) is 18.5 Å². The van der Waals surface area contributed by atoms with Gasteiger partial charge < -0.3 is 11.1 Å². The maximum atomic E-state index is 12.3. The summed E-state index contributed by atoms with van der Waals surface area (Å²) >= 11 is 0. The van der Waals surface area contributed by atoms with Gasteiger partial charge in [-0.05, 0) is 49.9 Å². The number of carbonyl (C=O) groups excluding carboxylic acids is 1. The third-order valence-corrected chi connectivity index (χ3v) is 5.85. The molecule has 0 radical (unpaired) electrons. The molecule has 3 saturated carbocycles. The minimum atomic E-state index is 0. The van der Waals surface area contributed by atoms with Crippen molar-refractivity contribution < 1.29 is 4.79 Å². The van der Waals surface area contributed by atoms with Crippen molar-refractivity contribution in [3.8, 4) is 0 Å². The highest BCUT2D eigenvalue weighted by atomic mass is 35.5. The van der Waals surface area contributed by atoms with Crippen molar-refractivity contribution in [3.05, 3.63) is 0 Å². The number of carbonyl (C=O) groups is 1. The highest BCUT2D eigenvalue weighted by molar-refractivity contribution is 5.85. The van der Waals surface area contributed by atoms with E-state index in [1.54, 1.807) is 0 Å². The van der Waals surface area contributed by atoms with Crippen molar-refractivity contribution in [2.75, 3.05) is 6.54 Å². The lowest BCUT2D eigenvalue weighted by Crippen LogP contribution is -2.45. The molecule has 0 saturated heterocycles. The van der Waals surface area contributed by atoms with E-state index in [4.69, 9.17) is 5.73 Å². The third kappa shape index (κ3) is 3.30. The van der Waals surface area contributed by atoms with Gasteiger partial charge in [-0.2, -0.15) is 0 Å². The number of rotatable bonds is 5. The van der Waals surface area contributed by atoms with Crippen LogP contribution in [0, 0.1) is 23.7 Å². The molecule has 0 aliphatic heterocycles. The van der Waals surface area contributed by atoms with Gasteiger partial charge in [-0.15, -0.1) is 12.4 Å². The quantitative estimate of drug-likeness (QED) is 0.767. The topological polar surface area (TPSA) is 55.1 Å². The summed E-state index contributed by atoms with van der Waals surface area (Å²) in [7, 11) is 0. The van der Waals surface area contributed by atoms with Gasteiger partial charge in [0.1, 0.15) is 0 Å². The molecule has 0 aromatic carbocycles. The van der Waals surface area contributed by atoms with Gasteiger partial charge in [0.25, 0.3) is 0 Å². The molecule has 3 rings (SSSR count). The SMILES string of the molecule is Cl.NC1C2CCC(C2)C1C(=O)NCCCC1CCCC1. The Morgan fingerprint density at radius 3 is 2.45 bits per heavy atom.